The van der Waals surface area contributed by atoms with Gasteiger partial charge in [-0.15, -0.1) is 0 Å². The molecule has 0 aliphatic rings. The first-order valence-corrected chi connectivity index (χ1v) is 21.7. The topological polar surface area (TPSA) is 69.6 Å². The van der Waals surface area contributed by atoms with Crippen LogP contribution in [0.5, 0.6) is 0 Å². The third kappa shape index (κ3) is 37.7. The number of carbonyl (C=O) groups excluding carboxylic acids is 1. The molecule has 0 saturated carbocycles. The minimum atomic E-state index is -0.859. The average molecular weight is 688 g/mol. The number of aliphatic hydroxyl groups is 2. The highest BCUT2D eigenvalue weighted by Gasteiger charge is 2.17. The molecule has 0 saturated heterocycles. The van der Waals surface area contributed by atoms with E-state index in [-0.39, 0.29) is 12.5 Å². The third-order valence-corrected chi connectivity index (χ3v) is 9.85. The largest absolute Gasteiger partial charge is 0.394 e. The van der Waals surface area contributed by atoms with E-state index in [0.29, 0.717) is 6.42 Å². The van der Waals surface area contributed by atoms with Gasteiger partial charge in [-0.1, -0.05) is 198 Å². The molecule has 0 bridgehead atoms. The van der Waals surface area contributed by atoms with Crippen molar-refractivity contribution in [3.05, 3.63) is 36.5 Å². The Kier molecular flexibility index (Phi) is 39.9. The lowest BCUT2D eigenvalue weighted by Crippen LogP contribution is -2.45. The molecule has 0 rings (SSSR count). The van der Waals surface area contributed by atoms with Crippen LogP contribution in [0, 0.1) is 0 Å². The standard InChI is InChI=1S/C45H85NO3/c1-3-5-7-9-11-13-15-17-19-20-21-22-23-24-25-26-27-29-31-33-35-37-39-41-45(49)46-43(42-47)44(48)40-38-36-34-32-30-28-18-16-14-12-10-8-6-4-2/h17,19,30,32,38,40,43-44,47-48H,3-16,18,20-29,31,33-37,39,41-42H2,1-2H3,(H,46,49)/b19-17+,32-30+,40-38+/t43-,44+/m0/s1. The van der Waals surface area contributed by atoms with Gasteiger partial charge in [-0.25, -0.2) is 0 Å². The van der Waals surface area contributed by atoms with Gasteiger partial charge in [-0.3, -0.25) is 4.79 Å². The van der Waals surface area contributed by atoms with Gasteiger partial charge in [0.15, 0.2) is 0 Å². The summed E-state index contributed by atoms with van der Waals surface area (Å²) in [4.78, 5) is 12.4. The molecule has 0 spiro atoms. The predicted octanol–water partition coefficient (Wildman–Crippen LogP) is 13.4. The van der Waals surface area contributed by atoms with E-state index in [1.54, 1.807) is 6.08 Å². The summed E-state index contributed by atoms with van der Waals surface area (Å²) in [6.07, 6.45) is 53.9. The molecule has 0 fully saturated rings. The van der Waals surface area contributed by atoms with Crippen LogP contribution in [0.4, 0.5) is 0 Å². The van der Waals surface area contributed by atoms with E-state index >= 15 is 0 Å². The zero-order valence-electron chi connectivity index (χ0n) is 33.0. The zero-order valence-corrected chi connectivity index (χ0v) is 33.0. The Morgan fingerprint density at radius 3 is 1.18 bits per heavy atom. The number of unbranched alkanes of at least 4 members (excludes halogenated alkanes) is 28. The van der Waals surface area contributed by atoms with Crippen LogP contribution in [-0.4, -0.2) is 34.9 Å². The van der Waals surface area contributed by atoms with Gasteiger partial charge < -0.3 is 15.5 Å². The number of nitrogens with one attached hydrogen (secondary N) is 1. The molecule has 4 nitrogen and oxygen atoms in total. The maximum atomic E-state index is 12.4. The van der Waals surface area contributed by atoms with Gasteiger partial charge >= 0.3 is 0 Å². The second kappa shape index (κ2) is 41.0. The lowest BCUT2D eigenvalue weighted by Gasteiger charge is -2.19. The van der Waals surface area contributed by atoms with Crippen LogP contribution in [0.25, 0.3) is 0 Å². The molecule has 4 heteroatoms. The molecule has 0 aromatic rings. The van der Waals surface area contributed by atoms with Gasteiger partial charge in [0.05, 0.1) is 18.8 Å². The molecule has 0 aliphatic carbocycles. The van der Waals surface area contributed by atoms with E-state index in [2.05, 4.69) is 43.5 Å². The van der Waals surface area contributed by atoms with Gasteiger partial charge in [-0.2, -0.15) is 0 Å². The average Bonchev–Trinajstić information content (AvgIpc) is 3.10. The number of hydrogen-bond donors (Lipinski definition) is 3. The van der Waals surface area contributed by atoms with Crippen molar-refractivity contribution in [3.63, 3.8) is 0 Å². The van der Waals surface area contributed by atoms with Crippen molar-refractivity contribution in [1.82, 2.24) is 5.32 Å². The fourth-order valence-electron chi connectivity index (χ4n) is 6.48. The molecule has 0 unspecified atom stereocenters. The Bertz CT molecular complexity index is 746. The molecule has 3 N–H and O–H groups in total. The van der Waals surface area contributed by atoms with E-state index in [9.17, 15) is 15.0 Å². The van der Waals surface area contributed by atoms with Gasteiger partial charge in [-0.05, 0) is 57.8 Å². The van der Waals surface area contributed by atoms with Crippen LogP contribution < -0.4 is 5.32 Å². The summed E-state index contributed by atoms with van der Waals surface area (Å²) < 4.78 is 0. The van der Waals surface area contributed by atoms with Gasteiger partial charge in [0.2, 0.25) is 5.91 Å². The quantitative estimate of drug-likeness (QED) is 0.0445. The van der Waals surface area contributed by atoms with Crippen molar-refractivity contribution in [2.24, 2.45) is 0 Å². The van der Waals surface area contributed by atoms with Crippen LogP contribution in [0.15, 0.2) is 36.5 Å². The fraction of sp³-hybridized carbons (Fsp3) is 0.844. The van der Waals surface area contributed by atoms with Crippen molar-refractivity contribution in [2.75, 3.05) is 6.61 Å². The van der Waals surface area contributed by atoms with Crippen molar-refractivity contribution < 1.29 is 15.0 Å². The fourth-order valence-corrected chi connectivity index (χ4v) is 6.48. The Morgan fingerprint density at radius 2 is 0.796 bits per heavy atom. The Balaban J connectivity index is 3.56. The highest BCUT2D eigenvalue weighted by atomic mass is 16.3. The van der Waals surface area contributed by atoms with Gasteiger partial charge in [0.25, 0.3) is 0 Å². The Morgan fingerprint density at radius 1 is 0.469 bits per heavy atom. The second-order valence-corrected chi connectivity index (χ2v) is 14.8. The summed E-state index contributed by atoms with van der Waals surface area (Å²) in [6, 6.07) is -0.636. The van der Waals surface area contributed by atoms with Gasteiger partial charge in [0.1, 0.15) is 0 Å². The Labute approximate surface area is 306 Å². The molecule has 0 aromatic heterocycles. The summed E-state index contributed by atoms with van der Waals surface area (Å²) in [5, 5.41) is 22.9. The zero-order chi connectivity index (χ0) is 35.7. The summed E-state index contributed by atoms with van der Waals surface area (Å²) in [6.45, 7) is 4.29. The minimum absolute atomic E-state index is 0.0737. The minimum Gasteiger partial charge on any atom is -0.394 e. The molecule has 0 aromatic carbocycles. The van der Waals surface area contributed by atoms with E-state index < -0.39 is 12.1 Å². The van der Waals surface area contributed by atoms with Crippen molar-refractivity contribution in [1.29, 1.82) is 0 Å². The first-order chi connectivity index (χ1) is 24.2. The number of carbonyl (C=O) groups is 1. The van der Waals surface area contributed by atoms with Crippen LogP contribution in [0.3, 0.4) is 0 Å². The number of hydrogen-bond acceptors (Lipinski definition) is 3. The highest BCUT2D eigenvalue weighted by molar-refractivity contribution is 5.76. The van der Waals surface area contributed by atoms with Crippen molar-refractivity contribution in [3.8, 4) is 0 Å². The number of amides is 1. The maximum Gasteiger partial charge on any atom is 0.220 e. The Hall–Kier alpha value is -1.39. The molecular formula is C45H85NO3. The first kappa shape index (κ1) is 47.6. The van der Waals surface area contributed by atoms with Gasteiger partial charge in [0, 0.05) is 6.42 Å². The predicted molar refractivity (Wildman–Crippen MR) is 216 cm³/mol. The molecule has 2 atom stereocenters. The molecule has 0 heterocycles. The first-order valence-electron chi connectivity index (χ1n) is 21.7. The highest BCUT2D eigenvalue weighted by Crippen LogP contribution is 2.15. The second-order valence-electron chi connectivity index (χ2n) is 14.8. The molecule has 0 radical (unpaired) electrons. The van der Waals surface area contributed by atoms with E-state index in [1.165, 1.54) is 173 Å². The summed E-state index contributed by atoms with van der Waals surface area (Å²) in [7, 11) is 0. The number of aliphatic hydroxyl groups excluding tert-OH is 2. The summed E-state index contributed by atoms with van der Waals surface area (Å²) in [5.74, 6) is -0.0737. The van der Waals surface area contributed by atoms with Crippen molar-refractivity contribution >= 4 is 5.91 Å². The smallest absolute Gasteiger partial charge is 0.220 e. The lowest BCUT2D eigenvalue weighted by molar-refractivity contribution is -0.123. The maximum absolute atomic E-state index is 12.4. The molecule has 288 valence electrons. The summed E-state index contributed by atoms with van der Waals surface area (Å²) in [5.41, 5.74) is 0. The molecule has 0 aliphatic heterocycles. The molecule has 49 heavy (non-hydrogen) atoms. The van der Waals surface area contributed by atoms with E-state index in [0.717, 1.165) is 32.1 Å². The van der Waals surface area contributed by atoms with Crippen LogP contribution >= 0.6 is 0 Å². The summed E-state index contributed by atoms with van der Waals surface area (Å²) >= 11 is 0. The monoisotopic (exact) mass is 688 g/mol. The van der Waals surface area contributed by atoms with Crippen LogP contribution in [0.2, 0.25) is 0 Å². The molecule has 1 amide bonds. The van der Waals surface area contributed by atoms with Crippen molar-refractivity contribution in [2.45, 2.75) is 238 Å². The van der Waals surface area contributed by atoms with E-state index in [4.69, 9.17) is 0 Å². The number of rotatable bonds is 39. The normalized spacial score (nSPS) is 13.3. The SMILES string of the molecule is CCCCCCCC/C=C/CCCCCCCCCCCCCCCC(=O)N[C@@H](CO)[C@H](O)/C=C/CC/C=C/CCCCCCCCCC. The lowest BCUT2D eigenvalue weighted by atomic mass is 10.0. The third-order valence-electron chi connectivity index (χ3n) is 9.85. The molecular weight excluding hydrogens is 602 g/mol. The van der Waals surface area contributed by atoms with E-state index in [1.807, 2.05) is 6.08 Å². The van der Waals surface area contributed by atoms with Crippen LogP contribution in [0.1, 0.15) is 226 Å². The number of allylic oxidation sites excluding steroid dienone is 5. The van der Waals surface area contributed by atoms with Crippen LogP contribution in [-0.2, 0) is 4.79 Å².